The zero-order chi connectivity index (χ0) is 15.6. The Labute approximate surface area is 119 Å². The van der Waals surface area contributed by atoms with Crippen molar-refractivity contribution >= 4 is 11.7 Å². The summed E-state index contributed by atoms with van der Waals surface area (Å²) < 4.78 is 38.0. The van der Waals surface area contributed by atoms with E-state index < -0.39 is 23.8 Å². The number of nitriles is 1. The van der Waals surface area contributed by atoms with Gasteiger partial charge in [0.25, 0.3) is 0 Å². The molecule has 1 aromatic rings. The molecule has 1 N–H and O–H groups in total. The summed E-state index contributed by atoms with van der Waals surface area (Å²) in [6.45, 7) is 0.414. The number of carboxylic acid groups (broad SMARTS) is 1. The fraction of sp³-hybridized carbons (Fsp3) is 0.429. The summed E-state index contributed by atoms with van der Waals surface area (Å²) in [5.74, 6) is -1.03. The van der Waals surface area contributed by atoms with Crippen LogP contribution in [0, 0.1) is 11.3 Å². The lowest BCUT2D eigenvalue weighted by Crippen LogP contribution is -2.45. The van der Waals surface area contributed by atoms with Crippen LogP contribution >= 0.6 is 0 Å². The van der Waals surface area contributed by atoms with Crippen LogP contribution in [0.4, 0.5) is 18.9 Å². The number of aliphatic carboxylic acids is 1. The highest BCUT2D eigenvalue weighted by atomic mass is 19.4. The standard InChI is InChI=1S/C14H13F3N2O2/c15-14(16,17)10-4-5-11(9(7-10)8-18)19-6-2-1-3-12(19)13(20)21/h4-5,7,12H,1-3,6H2,(H,20,21). The zero-order valence-electron chi connectivity index (χ0n) is 11.0. The molecule has 1 saturated heterocycles. The number of alkyl halides is 3. The number of carbonyl (C=O) groups is 1. The first-order valence-corrected chi connectivity index (χ1v) is 6.45. The van der Waals surface area contributed by atoms with Crippen molar-refractivity contribution in [2.24, 2.45) is 0 Å². The van der Waals surface area contributed by atoms with Crippen LogP contribution in [0.5, 0.6) is 0 Å². The summed E-state index contributed by atoms with van der Waals surface area (Å²) in [7, 11) is 0. The Bertz CT molecular complexity index is 593. The number of benzene rings is 1. The molecular weight excluding hydrogens is 285 g/mol. The van der Waals surface area contributed by atoms with Gasteiger partial charge in [0.05, 0.1) is 16.8 Å². The van der Waals surface area contributed by atoms with Gasteiger partial charge in [0.15, 0.2) is 0 Å². The van der Waals surface area contributed by atoms with Crippen LogP contribution in [0.2, 0.25) is 0 Å². The summed E-state index contributed by atoms with van der Waals surface area (Å²) >= 11 is 0. The first-order valence-electron chi connectivity index (χ1n) is 6.45. The smallest absolute Gasteiger partial charge is 0.416 e. The molecule has 0 amide bonds. The van der Waals surface area contributed by atoms with Crippen LogP contribution in [0.3, 0.4) is 0 Å². The molecule has 0 aromatic heterocycles. The second kappa shape index (κ2) is 5.64. The van der Waals surface area contributed by atoms with Gasteiger partial charge < -0.3 is 10.0 Å². The van der Waals surface area contributed by atoms with Crippen molar-refractivity contribution in [1.29, 1.82) is 5.26 Å². The molecule has 7 heteroatoms. The quantitative estimate of drug-likeness (QED) is 0.911. The Morgan fingerprint density at radius 1 is 1.38 bits per heavy atom. The van der Waals surface area contributed by atoms with E-state index in [1.807, 2.05) is 0 Å². The van der Waals surface area contributed by atoms with Crippen molar-refractivity contribution in [3.8, 4) is 6.07 Å². The molecule has 0 saturated carbocycles. The van der Waals surface area contributed by atoms with Crippen molar-refractivity contribution in [2.75, 3.05) is 11.4 Å². The molecule has 21 heavy (non-hydrogen) atoms. The molecule has 1 aromatic carbocycles. The predicted molar refractivity (Wildman–Crippen MR) is 68.8 cm³/mol. The highest BCUT2D eigenvalue weighted by molar-refractivity contribution is 5.79. The monoisotopic (exact) mass is 298 g/mol. The van der Waals surface area contributed by atoms with Gasteiger partial charge in [0.1, 0.15) is 12.1 Å². The van der Waals surface area contributed by atoms with Crippen molar-refractivity contribution < 1.29 is 23.1 Å². The molecule has 1 fully saturated rings. The summed E-state index contributed by atoms with van der Waals surface area (Å²) in [6, 6.07) is 3.76. The van der Waals surface area contributed by atoms with Gasteiger partial charge in [-0.15, -0.1) is 0 Å². The molecule has 1 heterocycles. The van der Waals surface area contributed by atoms with Crippen molar-refractivity contribution in [1.82, 2.24) is 0 Å². The van der Waals surface area contributed by atoms with Gasteiger partial charge in [-0.1, -0.05) is 0 Å². The van der Waals surface area contributed by atoms with Crippen LogP contribution in [0.15, 0.2) is 18.2 Å². The Morgan fingerprint density at radius 2 is 2.10 bits per heavy atom. The Balaban J connectivity index is 2.43. The minimum absolute atomic E-state index is 0.155. The van der Waals surface area contributed by atoms with E-state index in [4.69, 9.17) is 5.26 Å². The fourth-order valence-electron chi connectivity index (χ4n) is 2.53. The predicted octanol–water partition coefficient (Wildman–Crippen LogP) is 3.02. The number of hydrogen-bond acceptors (Lipinski definition) is 3. The van der Waals surface area contributed by atoms with Gasteiger partial charge >= 0.3 is 12.1 Å². The van der Waals surface area contributed by atoms with Gasteiger partial charge in [-0.25, -0.2) is 4.79 Å². The Hall–Kier alpha value is -2.23. The van der Waals surface area contributed by atoms with Gasteiger partial charge in [-0.05, 0) is 37.5 Å². The first kappa shape index (κ1) is 15.2. The molecular formula is C14H13F3N2O2. The van der Waals surface area contributed by atoms with Crippen LogP contribution in [-0.2, 0) is 11.0 Å². The second-order valence-electron chi connectivity index (χ2n) is 4.88. The van der Waals surface area contributed by atoms with Crippen molar-refractivity contribution in [2.45, 2.75) is 31.5 Å². The van der Waals surface area contributed by atoms with E-state index in [0.717, 1.165) is 25.0 Å². The average molecular weight is 298 g/mol. The summed E-state index contributed by atoms with van der Waals surface area (Å²) in [6.07, 6.45) is -2.62. The van der Waals surface area contributed by atoms with Crippen molar-refractivity contribution in [3.63, 3.8) is 0 Å². The van der Waals surface area contributed by atoms with E-state index in [9.17, 15) is 23.1 Å². The summed E-state index contributed by atoms with van der Waals surface area (Å²) in [5.41, 5.74) is -0.817. The molecule has 1 aliphatic heterocycles. The minimum Gasteiger partial charge on any atom is -0.480 e. The zero-order valence-corrected chi connectivity index (χ0v) is 11.0. The molecule has 112 valence electrons. The molecule has 1 atom stereocenters. The molecule has 0 radical (unpaired) electrons. The van der Waals surface area contributed by atoms with Gasteiger partial charge in [0.2, 0.25) is 0 Å². The van der Waals surface area contributed by atoms with E-state index >= 15 is 0 Å². The first-order chi connectivity index (χ1) is 9.84. The van der Waals surface area contributed by atoms with E-state index in [0.29, 0.717) is 13.0 Å². The lowest BCUT2D eigenvalue weighted by Gasteiger charge is -2.35. The molecule has 0 bridgehead atoms. The van der Waals surface area contributed by atoms with Crippen LogP contribution in [0.1, 0.15) is 30.4 Å². The summed E-state index contributed by atoms with van der Waals surface area (Å²) in [4.78, 5) is 12.8. The molecule has 0 aliphatic carbocycles. The SMILES string of the molecule is N#Cc1cc(C(F)(F)F)ccc1N1CCCCC1C(=O)O. The number of hydrogen-bond donors (Lipinski definition) is 1. The maximum atomic E-state index is 12.7. The second-order valence-corrected chi connectivity index (χ2v) is 4.88. The molecule has 1 aliphatic rings. The van der Waals surface area contributed by atoms with E-state index in [-0.39, 0.29) is 11.3 Å². The lowest BCUT2D eigenvalue weighted by molar-refractivity contribution is -0.139. The number of carboxylic acids is 1. The highest BCUT2D eigenvalue weighted by Crippen LogP contribution is 2.34. The number of halogens is 3. The van der Waals surface area contributed by atoms with Crippen LogP contribution < -0.4 is 4.90 Å². The van der Waals surface area contributed by atoms with Gasteiger partial charge in [-0.3, -0.25) is 0 Å². The maximum Gasteiger partial charge on any atom is 0.416 e. The van der Waals surface area contributed by atoms with E-state index in [2.05, 4.69) is 0 Å². The van der Waals surface area contributed by atoms with Gasteiger partial charge in [-0.2, -0.15) is 18.4 Å². The number of nitrogens with zero attached hydrogens (tertiary/aromatic N) is 2. The number of rotatable bonds is 2. The molecule has 2 rings (SSSR count). The third-order valence-corrected chi connectivity index (χ3v) is 3.54. The van der Waals surface area contributed by atoms with Gasteiger partial charge in [0, 0.05) is 6.54 Å². The number of anilines is 1. The fourth-order valence-corrected chi connectivity index (χ4v) is 2.53. The van der Waals surface area contributed by atoms with E-state index in [1.165, 1.54) is 11.0 Å². The van der Waals surface area contributed by atoms with Crippen LogP contribution in [0.25, 0.3) is 0 Å². The largest absolute Gasteiger partial charge is 0.480 e. The average Bonchev–Trinajstić information content (AvgIpc) is 2.45. The number of piperidine rings is 1. The van der Waals surface area contributed by atoms with Crippen molar-refractivity contribution in [3.05, 3.63) is 29.3 Å². The minimum atomic E-state index is -4.53. The topological polar surface area (TPSA) is 64.3 Å². The lowest BCUT2D eigenvalue weighted by atomic mass is 9.99. The normalized spacial score (nSPS) is 19.1. The molecule has 1 unspecified atom stereocenters. The molecule has 0 spiro atoms. The Morgan fingerprint density at radius 3 is 2.67 bits per heavy atom. The maximum absolute atomic E-state index is 12.7. The van der Waals surface area contributed by atoms with E-state index in [1.54, 1.807) is 6.07 Å². The molecule has 4 nitrogen and oxygen atoms in total. The summed E-state index contributed by atoms with van der Waals surface area (Å²) in [5, 5.41) is 18.3. The third-order valence-electron chi connectivity index (χ3n) is 3.54. The van der Waals surface area contributed by atoms with Crippen LogP contribution in [-0.4, -0.2) is 23.7 Å². The Kier molecular flexibility index (Phi) is 4.07. The highest BCUT2D eigenvalue weighted by Gasteiger charge is 2.33. The third kappa shape index (κ3) is 3.10.